The molecule has 0 N–H and O–H groups in total. The van der Waals surface area contributed by atoms with Crippen LogP contribution in [0.2, 0.25) is 0 Å². The van der Waals surface area contributed by atoms with E-state index in [1.54, 1.807) is 0 Å². The number of carbonyl (C=O) groups excluding carboxylic acids is 2. The smallest absolute Gasteiger partial charge is 0.214 e. The number of hydrogen-bond donors (Lipinski definition) is 0. The Kier molecular flexibility index (Phi) is 3.10. The van der Waals surface area contributed by atoms with Crippen LogP contribution in [0, 0.1) is 0 Å². The van der Waals surface area contributed by atoms with Crippen molar-refractivity contribution in [2.75, 3.05) is 11.4 Å². The third kappa shape index (κ3) is 2.33. The molecule has 1 aromatic carbocycles. The summed E-state index contributed by atoms with van der Waals surface area (Å²) in [5, 5.41) is 0.778. The molecule has 1 heterocycles. The van der Waals surface area contributed by atoms with Gasteiger partial charge in [0.05, 0.1) is 11.6 Å². The number of ketones is 1. The van der Waals surface area contributed by atoms with Crippen molar-refractivity contribution in [2.24, 2.45) is 0 Å². The zero-order valence-electron chi connectivity index (χ0n) is 8.84. The number of thioether (sulfide) groups is 1. The molecule has 0 unspecified atom stereocenters. The highest BCUT2D eigenvalue weighted by Crippen LogP contribution is 2.33. The van der Waals surface area contributed by atoms with Crippen LogP contribution in [0.1, 0.15) is 6.92 Å². The van der Waals surface area contributed by atoms with Crippen molar-refractivity contribution in [3.05, 3.63) is 41.4 Å². The number of carbonyl (C=O) groups is 2. The van der Waals surface area contributed by atoms with Gasteiger partial charge in [0.2, 0.25) is 5.12 Å². The number of rotatable bonds is 2. The highest BCUT2D eigenvalue weighted by molar-refractivity contribution is 8.17. The molecule has 1 aromatic rings. The fourth-order valence-electron chi connectivity index (χ4n) is 1.52. The van der Waals surface area contributed by atoms with Crippen molar-refractivity contribution < 1.29 is 9.59 Å². The molecule has 0 radical (unpaired) electrons. The second kappa shape index (κ2) is 4.53. The van der Waals surface area contributed by atoms with E-state index in [0.29, 0.717) is 11.6 Å². The molecule has 0 amide bonds. The summed E-state index contributed by atoms with van der Waals surface area (Å²) in [7, 11) is 0. The zero-order valence-corrected chi connectivity index (χ0v) is 9.66. The first-order valence-corrected chi connectivity index (χ1v) is 5.74. The summed E-state index contributed by atoms with van der Waals surface area (Å²) in [5.41, 5.74) is 0.938. The standard InChI is InChI=1S/C12H11NO2S/c1-9(14)7-11-13(8-12(15)16-11)10-5-3-2-4-6-10/h2-7H,8H2,1H3/b11-7-. The molecule has 2 rings (SSSR count). The molecule has 0 aromatic heterocycles. The molecule has 1 fully saturated rings. The molecule has 16 heavy (non-hydrogen) atoms. The van der Waals surface area contributed by atoms with Gasteiger partial charge >= 0.3 is 0 Å². The van der Waals surface area contributed by atoms with Gasteiger partial charge in [-0.15, -0.1) is 0 Å². The van der Waals surface area contributed by atoms with Gasteiger partial charge in [0.1, 0.15) is 0 Å². The van der Waals surface area contributed by atoms with Crippen LogP contribution in [-0.2, 0) is 9.59 Å². The first kappa shape index (κ1) is 11.0. The maximum Gasteiger partial charge on any atom is 0.214 e. The Hall–Kier alpha value is -1.55. The van der Waals surface area contributed by atoms with E-state index in [-0.39, 0.29) is 10.9 Å². The molecule has 1 aliphatic rings. The van der Waals surface area contributed by atoms with Crippen LogP contribution in [0.4, 0.5) is 5.69 Å². The number of nitrogens with zero attached hydrogens (tertiary/aromatic N) is 1. The van der Waals surface area contributed by atoms with Gasteiger partial charge in [-0.2, -0.15) is 0 Å². The average molecular weight is 233 g/mol. The van der Waals surface area contributed by atoms with Crippen molar-refractivity contribution >= 4 is 28.3 Å². The molecule has 1 saturated heterocycles. The van der Waals surface area contributed by atoms with E-state index in [0.717, 1.165) is 17.4 Å². The van der Waals surface area contributed by atoms with Crippen molar-refractivity contribution in [3.63, 3.8) is 0 Å². The lowest BCUT2D eigenvalue weighted by molar-refractivity contribution is -0.112. The SMILES string of the molecule is CC(=O)/C=C1\SC(=O)CN1c1ccccc1. The largest absolute Gasteiger partial charge is 0.327 e. The molecule has 82 valence electrons. The van der Waals surface area contributed by atoms with Crippen LogP contribution >= 0.6 is 11.8 Å². The van der Waals surface area contributed by atoms with Gasteiger partial charge in [-0.05, 0) is 30.8 Å². The summed E-state index contributed by atoms with van der Waals surface area (Å²) in [5.74, 6) is -0.0434. The predicted octanol–water partition coefficient (Wildman–Crippen LogP) is 2.20. The summed E-state index contributed by atoms with van der Waals surface area (Å²) in [6, 6.07) is 9.59. The van der Waals surface area contributed by atoms with E-state index < -0.39 is 0 Å². The fraction of sp³-hybridized carbons (Fsp3) is 0.167. The van der Waals surface area contributed by atoms with Gasteiger partial charge in [-0.3, -0.25) is 9.59 Å². The van der Waals surface area contributed by atoms with E-state index in [1.807, 2.05) is 35.2 Å². The molecule has 3 nitrogen and oxygen atoms in total. The lowest BCUT2D eigenvalue weighted by Crippen LogP contribution is -2.18. The highest BCUT2D eigenvalue weighted by atomic mass is 32.2. The Labute approximate surface area is 98.1 Å². The molecule has 0 bridgehead atoms. The summed E-state index contributed by atoms with van der Waals surface area (Å²) in [6.45, 7) is 1.81. The zero-order chi connectivity index (χ0) is 11.5. The topological polar surface area (TPSA) is 37.4 Å². The van der Waals surface area contributed by atoms with Gasteiger partial charge in [0.25, 0.3) is 0 Å². The van der Waals surface area contributed by atoms with E-state index in [4.69, 9.17) is 0 Å². The summed E-state index contributed by atoms with van der Waals surface area (Å²) >= 11 is 1.12. The Balaban J connectivity index is 2.33. The first-order chi connectivity index (χ1) is 7.66. The van der Waals surface area contributed by atoms with Crippen LogP contribution in [-0.4, -0.2) is 17.4 Å². The molecule has 0 saturated carbocycles. The van der Waals surface area contributed by atoms with E-state index in [9.17, 15) is 9.59 Å². The summed E-state index contributed by atoms with van der Waals surface area (Å²) < 4.78 is 0. The van der Waals surface area contributed by atoms with E-state index >= 15 is 0 Å². The Bertz CT molecular complexity index is 453. The fourth-order valence-corrected chi connectivity index (χ4v) is 2.45. The first-order valence-electron chi connectivity index (χ1n) is 4.92. The minimum atomic E-state index is -0.0434. The lowest BCUT2D eigenvalue weighted by atomic mass is 10.3. The number of para-hydroxylation sites is 1. The monoisotopic (exact) mass is 233 g/mol. The van der Waals surface area contributed by atoms with Crippen LogP contribution in [0.15, 0.2) is 41.4 Å². The minimum Gasteiger partial charge on any atom is -0.327 e. The molecule has 0 atom stereocenters. The molecular formula is C12H11NO2S. The normalized spacial score (nSPS) is 18.2. The van der Waals surface area contributed by atoms with Gasteiger partial charge in [0, 0.05) is 11.8 Å². The third-order valence-corrected chi connectivity index (χ3v) is 3.07. The third-order valence-electron chi connectivity index (χ3n) is 2.17. The number of allylic oxidation sites excluding steroid dienone is 1. The second-order valence-electron chi connectivity index (χ2n) is 3.49. The molecule has 1 aliphatic heterocycles. The van der Waals surface area contributed by atoms with Crippen LogP contribution in [0.25, 0.3) is 0 Å². The Morgan fingerprint density at radius 1 is 1.38 bits per heavy atom. The maximum atomic E-state index is 11.4. The van der Waals surface area contributed by atoms with Gasteiger partial charge in [-0.25, -0.2) is 0 Å². The van der Waals surface area contributed by atoms with Crippen molar-refractivity contribution in [1.82, 2.24) is 0 Å². The molecular weight excluding hydrogens is 222 g/mol. The Morgan fingerprint density at radius 3 is 2.69 bits per heavy atom. The van der Waals surface area contributed by atoms with Crippen LogP contribution in [0.3, 0.4) is 0 Å². The van der Waals surface area contributed by atoms with Crippen molar-refractivity contribution in [2.45, 2.75) is 6.92 Å². The summed E-state index contributed by atoms with van der Waals surface area (Å²) in [6.07, 6.45) is 1.50. The quantitative estimate of drug-likeness (QED) is 0.734. The van der Waals surface area contributed by atoms with Gasteiger partial charge in [-0.1, -0.05) is 18.2 Å². The number of hydrogen-bond acceptors (Lipinski definition) is 4. The van der Waals surface area contributed by atoms with E-state index in [1.165, 1.54) is 13.0 Å². The molecule has 0 aliphatic carbocycles. The average Bonchev–Trinajstić information content (AvgIpc) is 2.60. The van der Waals surface area contributed by atoms with Crippen molar-refractivity contribution in [3.8, 4) is 0 Å². The highest BCUT2D eigenvalue weighted by Gasteiger charge is 2.26. The molecule has 0 spiro atoms. The maximum absolute atomic E-state index is 11.4. The second-order valence-corrected chi connectivity index (χ2v) is 4.57. The molecule has 4 heteroatoms. The minimum absolute atomic E-state index is 0.0434. The lowest BCUT2D eigenvalue weighted by Gasteiger charge is -2.17. The van der Waals surface area contributed by atoms with E-state index in [2.05, 4.69) is 0 Å². The number of benzene rings is 1. The van der Waals surface area contributed by atoms with Crippen LogP contribution < -0.4 is 4.90 Å². The van der Waals surface area contributed by atoms with Gasteiger partial charge < -0.3 is 4.90 Å². The Morgan fingerprint density at radius 2 is 2.06 bits per heavy atom. The van der Waals surface area contributed by atoms with Crippen LogP contribution in [0.5, 0.6) is 0 Å². The predicted molar refractivity (Wildman–Crippen MR) is 65.2 cm³/mol. The van der Waals surface area contributed by atoms with Crippen molar-refractivity contribution in [1.29, 1.82) is 0 Å². The summed E-state index contributed by atoms with van der Waals surface area (Å²) in [4.78, 5) is 24.3. The number of anilines is 1. The van der Waals surface area contributed by atoms with Gasteiger partial charge in [0.15, 0.2) is 5.78 Å².